The fourth-order valence-corrected chi connectivity index (χ4v) is 1.43. The van der Waals surface area contributed by atoms with Gasteiger partial charge in [-0.3, -0.25) is 4.98 Å². The molecule has 0 aliphatic heterocycles. The Hall–Kier alpha value is -1.65. The molecule has 0 aliphatic carbocycles. The molecule has 1 aromatic carbocycles. The van der Waals surface area contributed by atoms with Crippen molar-refractivity contribution >= 4 is 17.4 Å². The minimum Gasteiger partial charge on any atom is -0.382 e. The van der Waals surface area contributed by atoms with E-state index < -0.39 is 6.10 Å². The fourth-order valence-electron chi connectivity index (χ4n) is 1.31. The Balaban J connectivity index is 2.28. The third-order valence-electron chi connectivity index (χ3n) is 2.16. The maximum Gasteiger partial charge on any atom is 0.141 e. The number of rotatable bonds is 2. The van der Waals surface area contributed by atoms with Crippen LogP contribution in [0.2, 0.25) is 5.02 Å². The Labute approximate surface area is 97.7 Å². The molecule has 0 aliphatic rings. The van der Waals surface area contributed by atoms with E-state index in [1.165, 1.54) is 12.4 Å². The molecule has 1 atom stereocenters. The second-order valence-electron chi connectivity index (χ2n) is 3.32. The molecule has 0 amide bonds. The fraction of sp³-hybridized carbons (Fsp3) is 0.0909. The van der Waals surface area contributed by atoms with Gasteiger partial charge in [0.05, 0.1) is 18.1 Å². The van der Waals surface area contributed by atoms with Crippen LogP contribution < -0.4 is 5.73 Å². The Morgan fingerprint density at radius 2 is 1.81 bits per heavy atom. The lowest BCUT2D eigenvalue weighted by Crippen LogP contribution is -2.04. The van der Waals surface area contributed by atoms with E-state index in [1.807, 2.05) is 0 Å². The third kappa shape index (κ3) is 2.29. The number of anilines is 1. The Morgan fingerprint density at radius 1 is 1.12 bits per heavy atom. The number of hydrogen-bond acceptors (Lipinski definition) is 4. The predicted octanol–water partition coefficient (Wildman–Crippen LogP) is 1.79. The molecule has 0 spiro atoms. The van der Waals surface area contributed by atoms with Gasteiger partial charge < -0.3 is 10.8 Å². The van der Waals surface area contributed by atoms with Crippen LogP contribution in [-0.4, -0.2) is 15.1 Å². The highest BCUT2D eigenvalue weighted by Gasteiger charge is 2.11. The van der Waals surface area contributed by atoms with Crippen LogP contribution in [0.3, 0.4) is 0 Å². The van der Waals surface area contributed by atoms with Crippen molar-refractivity contribution in [1.82, 2.24) is 9.97 Å². The van der Waals surface area contributed by atoms with E-state index in [-0.39, 0.29) is 0 Å². The van der Waals surface area contributed by atoms with Crippen LogP contribution in [-0.2, 0) is 0 Å². The van der Waals surface area contributed by atoms with Crippen molar-refractivity contribution in [2.75, 3.05) is 5.73 Å². The number of hydrogen-bond donors (Lipinski definition) is 2. The van der Waals surface area contributed by atoms with Gasteiger partial charge in [0.25, 0.3) is 0 Å². The third-order valence-corrected chi connectivity index (χ3v) is 2.41. The molecular formula is C11H10ClN3O. The molecule has 0 saturated heterocycles. The monoisotopic (exact) mass is 235 g/mol. The summed E-state index contributed by atoms with van der Waals surface area (Å²) in [7, 11) is 0. The highest BCUT2D eigenvalue weighted by Crippen LogP contribution is 2.21. The molecule has 0 radical (unpaired) electrons. The molecule has 1 heterocycles. The molecule has 2 aromatic rings. The maximum atomic E-state index is 9.99. The first-order valence-electron chi connectivity index (χ1n) is 4.68. The zero-order valence-electron chi connectivity index (χ0n) is 8.34. The summed E-state index contributed by atoms with van der Waals surface area (Å²) in [5.74, 6) is 0.326. The Kier molecular flexibility index (Phi) is 3.03. The van der Waals surface area contributed by atoms with Gasteiger partial charge in [0, 0.05) is 5.02 Å². The van der Waals surface area contributed by atoms with Gasteiger partial charge in [0.2, 0.25) is 0 Å². The summed E-state index contributed by atoms with van der Waals surface area (Å²) >= 11 is 5.76. The van der Waals surface area contributed by atoms with Crippen molar-refractivity contribution in [3.05, 3.63) is 52.9 Å². The molecule has 4 nitrogen and oxygen atoms in total. The first kappa shape index (κ1) is 10.9. The SMILES string of the molecule is Nc1cnc(C(O)c2ccc(Cl)cc2)cn1. The van der Waals surface area contributed by atoms with Gasteiger partial charge in [0.15, 0.2) is 0 Å². The molecule has 3 N–H and O–H groups in total. The first-order valence-corrected chi connectivity index (χ1v) is 5.05. The maximum absolute atomic E-state index is 9.99. The van der Waals surface area contributed by atoms with Gasteiger partial charge in [-0.15, -0.1) is 0 Å². The minimum absolute atomic E-state index is 0.326. The molecule has 16 heavy (non-hydrogen) atoms. The van der Waals surface area contributed by atoms with Crippen LogP contribution in [0.1, 0.15) is 17.4 Å². The standard InChI is InChI=1S/C11H10ClN3O/c12-8-3-1-7(2-4-8)11(16)9-5-15-10(13)6-14-9/h1-6,11,16H,(H2,13,15). The topological polar surface area (TPSA) is 72.0 Å². The van der Waals surface area contributed by atoms with Crippen LogP contribution in [0.25, 0.3) is 0 Å². The summed E-state index contributed by atoms with van der Waals surface area (Å²) in [6.07, 6.45) is 2.05. The summed E-state index contributed by atoms with van der Waals surface area (Å²) in [4.78, 5) is 7.88. The number of nitrogen functional groups attached to an aromatic ring is 1. The highest BCUT2D eigenvalue weighted by molar-refractivity contribution is 6.30. The molecule has 0 saturated carbocycles. The summed E-state index contributed by atoms with van der Waals surface area (Å²) in [6.45, 7) is 0. The van der Waals surface area contributed by atoms with E-state index >= 15 is 0 Å². The summed E-state index contributed by atoms with van der Waals surface area (Å²) in [6, 6.07) is 6.91. The van der Waals surface area contributed by atoms with Crippen molar-refractivity contribution in [1.29, 1.82) is 0 Å². The average molecular weight is 236 g/mol. The van der Waals surface area contributed by atoms with Gasteiger partial charge in [-0.25, -0.2) is 4.98 Å². The Bertz CT molecular complexity index is 424. The first-order chi connectivity index (χ1) is 7.66. The number of nitrogens with zero attached hydrogens (tertiary/aromatic N) is 2. The van der Waals surface area contributed by atoms with E-state index in [0.717, 1.165) is 0 Å². The zero-order valence-corrected chi connectivity index (χ0v) is 9.09. The number of aliphatic hydroxyl groups is 1. The molecule has 1 unspecified atom stereocenters. The Morgan fingerprint density at radius 3 is 2.38 bits per heavy atom. The smallest absolute Gasteiger partial charge is 0.141 e. The van der Waals surface area contributed by atoms with Crippen molar-refractivity contribution in [2.24, 2.45) is 0 Å². The van der Waals surface area contributed by atoms with Crippen LogP contribution in [0.5, 0.6) is 0 Å². The lowest BCUT2D eigenvalue weighted by Gasteiger charge is -2.09. The average Bonchev–Trinajstić information content (AvgIpc) is 2.30. The van der Waals surface area contributed by atoms with Gasteiger partial charge in [0.1, 0.15) is 11.9 Å². The lowest BCUT2D eigenvalue weighted by atomic mass is 10.1. The minimum atomic E-state index is -0.814. The molecule has 82 valence electrons. The highest BCUT2D eigenvalue weighted by atomic mass is 35.5. The van der Waals surface area contributed by atoms with Crippen molar-refractivity contribution in [3.63, 3.8) is 0 Å². The van der Waals surface area contributed by atoms with Crippen LogP contribution in [0.4, 0.5) is 5.82 Å². The van der Waals surface area contributed by atoms with E-state index in [2.05, 4.69) is 9.97 Å². The van der Waals surface area contributed by atoms with Gasteiger partial charge in [-0.05, 0) is 17.7 Å². The number of halogens is 1. The van der Waals surface area contributed by atoms with Crippen molar-refractivity contribution < 1.29 is 5.11 Å². The molecule has 0 bridgehead atoms. The van der Waals surface area contributed by atoms with Gasteiger partial charge in [-0.1, -0.05) is 23.7 Å². The van der Waals surface area contributed by atoms with Crippen LogP contribution >= 0.6 is 11.6 Å². The van der Waals surface area contributed by atoms with Gasteiger partial charge >= 0.3 is 0 Å². The van der Waals surface area contributed by atoms with Crippen LogP contribution in [0.15, 0.2) is 36.7 Å². The normalized spacial score (nSPS) is 12.4. The largest absolute Gasteiger partial charge is 0.382 e. The summed E-state index contributed by atoms with van der Waals surface area (Å²) in [5, 5.41) is 10.6. The number of benzene rings is 1. The van der Waals surface area contributed by atoms with E-state index in [1.54, 1.807) is 24.3 Å². The van der Waals surface area contributed by atoms with Crippen LogP contribution in [0, 0.1) is 0 Å². The zero-order chi connectivity index (χ0) is 11.5. The van der Waals surface area contributed by atoms with Crippen molar-refractivity contribution in [2.45, 2.75) is 6.10 Å². The van der Waals surface area contributed by atoms with E-state index in [4.69, 9.17) is 17.3 Å². The quantitative estimate of drug-likeness (QED) is 0.833. The van der Waals surface area contributed by atoms with Gasteiger partial charge in [-0.2, -0.15) is 0 Å². The number of nitrogens with two attached hydrogens (primary N) is 1. The molecule has 0 fully saturated rings. The second kappa shape index (κ2) is 4.47. The number of aromatic nitrogens is 2. The number of aliphatic hydroxyl groups excluding tert-OH is 1. The molecule has 2 rings (SSSR count). The second-order valence-corrected chi connectivity index (χ2v) is 3.76. The molecule has 1 aromatic heterocycles. The molecule has 5 heteroatoms. The van der Waals surface area contributed by atoms with E-state index in [0.29, 0.717) is 22.1 Å². The lowest BCUT2D eigenvalue weighted by molar-refractivity contribution is 0.215. The summed E-state index contributed by atoms with van der Waals surface area (Å²) in [5.41, 5.74) is 6.58. The molecular weight excluding hydrogens is 226 g/mol. The summed E-state index contributed by atoms with van der Waals surface area (Å²) < 4.78 is 0. The predicted molar refractivity (Wildman–Crippen MR) is 62.0 cm³/mol. The van der Waals surface area contributed by atoms with E-state index in [9.17, 15) is 5.11 Å². The van der Waals surface area contributed by atoms with Crippen molar-refractivity contribution in [3.8, 4) is 0 Å².